The van der Waals surface area contributed by atoms with Crippen LogP contribution in [0.3, 0.4) is 0 Å². The van der Waals surface area contributed by atoms with Crippen molar-refractivity contribution in [2.24, 2.45) is 0 Å². The average molecular weight is 240 g/mol. The fraction of sp³-hybridized carbons (Fsp3) is 0.286. The summed E-state index contributed by atoms with van der Waals surface area (Å²) in [7, 11) is 2.07. The van der Waals surface area contributed by atoms with Crippen molar-refractivity contribution in [3.63, 3.8) is 0 Å². The molecule has 18 heavy (non-hydrogen) atoms. The van der Waals surface area contributed by atoms with E-state index >= 15 is 0 Å². The van der Waals surface area contributed by atoms with Gasteiger partial charge in [-0.3, -0.25) is 0 Å². The minimum Gasteiger partial charge on any atom is -0.350 e. The number of hydrogen-bond donors (Lipinski definition) is 0. The Balaban J connectivity index is 2.16. The van der Waals surface area contributed by atoms with E-state index in [-0.39, 0.29) is 6.17 Å². The van der Waals surface area contributed by atoms with Crippen LogP contribution in [0.1, 0.15) is 12.5 Å². The summed E-state index contributed by atoms with van der Waals surface area (Å²) in [5.74, 6) is 0.981. The molecule has 2 heterocycles. The van der Waals surface area contributed by atoms with Crippen molar-refractivity contribution < 1.29 is 0 Å². The Morgan fingerprint density at radius 1 is 1.17 bits per heavy atom. The maximum absolute atomic E-state index is 4.43. The Morgan fingerprint density at radius 3 is 2.72 bits per heavy atom. The predicted molar refractivity (Wildman–Crippen MR) is 73.2 cm³/mol. The highest BCUT2D eigenvalue weighted by Crippen LogP contribution is 2.41. The third-order valence-electron chi connectivity index (χ3n) is 3.59. The highest BCUT2D eigenvalue weighted by Gasteiger charge is 2.33. The summed E-state index contributed by atoms with van der Waals surface area (Å²) in [6.07, 6.45) is 3.73. The van der Waals surface area contributed by atoms with Crippen LogP contribution >= 0.6 is 0 Å². The van der Waals surface area contributed by atoms with Crippen molar-refractivity contribution in [1.82, 2.24) is 9.97 Å². The van der Waals surface area contributed by atoms with Crippen molar-refractivity contribution in [3.8, 4) is 0 Å². The Labute approximate surface area is 107 Å². The first kappa shape index (κ1) is 11.0. The van der Waals surface area contributed by atoms with Crippen molar-refractivity contribution in [3.05, 3.63) is 42.4 Å². The number of rotatable bonds is 1. The molecule has 4 nitrogen and oxygen atoms in total. The molecule has 0 saturated carbocycles. The van der Waals surface area contributed by atoms with E-state index in [1.54, 1.807) is 6.33 Å². The van der Waals surface area contributed by atoms with Gasteiger partial charge in [-0.25, -0.2) is 9.97 Å². The zero-order chi connectivity index (χ0) is 12.7. The monoisotopic (exact) mass is 240 g/mol. The second-order valence-corrected chi connectivity index (χ2v) is 4.63. The van der Waals surface area contributed by atoms with Crippen LogP contribution < -0.4 is 9.80 Å². The van der Waals surface area contributed by atoms with E-state index in [0.717, 1.165) is 11.5 Å². The quantitative estimate of drug-likeness (QED) is 0.767. The summed E-state index contributed by atoms with van der Waals surface area (Å²) in [5.41, 5.74) is 3.53. The van der Waals surface area contributed by atoms with Crippen molar-refractivity contribution in [1.29, 1.82) is 0 Å². The second-order valence-electron chi connectivity index (χ2n) is 4.63. The van der Waals surface area contributed by atoms with Gasteiger partial charge in [0.05, 0.1) is 6.20 Å². The summed E-state index contributed by atoms with van der Waals surface area (Å²) in [4.78, 5) is 13.0. The molecule has 0 bridgehead atoms. The molecule has 0 fully saturated rings. The van der Waals surface area contributed by atoms with E-state index in [1.165, 1.54) is 11.3 Å². The summed E-state index contributed by atoms with van der Waals surface area (Å²) in [5, 5.41) is 0. The standard InChI is InChI=1S/C14H16N4/c1-10-6-4-5-7-12(10)18-11(2)17(3)13-8-15-9-16-14(13)18/h4-9,11H,1-3H3/t11-/m0/s1. The fourth-order valence-electron chi connectivity index (χ4n) is 2.45. The molecule has 0 saturated heterocycles. The number of aromatic nitrogens is 2. The van der Waals surface area contributed by atoms with E-state index in [2.05, 4.69) is 64.9 Å². The highest BCUT2D eigenvalue weighted by molar-refractivity contribution is 5.80. The number of fused-ring (bicyclic) bond motifs is 1. The first-order valence-corrected chi connectivity index (χ1v) is 6.08. The fourth-order valence-corrected chi connectivity index (χ4v) is 2.45. The van der Waals surface area contributed by atoms with Gasteiger partial charge < -0.3 is 9.80 Å². The van der Waals surface area contributed by atoms with Gasteiger partial charge in [-0.15, -0.1) is 0 Å². The number of nitrogens with zero attached hydrogens (tertiary/aromatic N) is 4. The van der Waals surface area contributed by atoms with Gasteiger partial charge in [0.15, 0.2) is 5.82 Å². The lowest BCUT2D eigenvalue weighted by Crippen LogP contribution is -2.36. The maximum atomic E-state index is 4.43. The molecule has 1 aliphatic rings. The lowest BCUT2D eigenvalue weighted by Gasteiger charge is -2.28. The van der Waals surface area contributed by atoms with Gasteiger partial charge in [-0.1, -0.05) is 18.2 Å². The molecule has 0 N–H and O–H groups in total. The minimum absolute atomic E-state index is 0.248. The van der Waals surface area contributed by atoms with Crippen LogP contribution in [-0.2, 0) is 0 Å². The van der Waals surface area contributed by atoms with Crippen LogP contribution in [-0.4, -0.2) is 23.2 Å². The van der Waals surface area contributed by atoms with Gasteiger partial charge in [0.25, 0.3) is 0 Å². The van der Waals surface area contributed by atoms with Crippen molar-refractivity contribution >= 4 is 17.2 Å². The molecule has 0 aliphatic carbocycles. The SMILES string of the molecule is Cc1ccccc1N1c2ncncc2N(C)[C@@H]1C. The minimum atomic E-state index is 0.248. The Bertz CT molecular complexity index is 582. The number of aryl methyl sites for hydroxylation is 1. The molecule has 3 rings (SSSR count). The number of benzene rings is 1. The lowest BCUT2D eigenvalue weighted by atomic mass is 10.2. The van der Waals surface area contributed by atoms with E-state index in [1.807, 2.05) is 6.20 Å². The second kappa shape index (κ2) is 3.98. The zero-order valence-corrected chi connectivity index (χ0v) is 10.8. The Hall–Kier alpha value is -2.10. The molecule has 0 radical (unpaired) electrons. The third kappa shape index (κ3) is 1.45. The van der Waals surface area contributed by atoms with Gasteiger partial charge in [-0.05, 0) is 25.5 Å². The zero-order valence-electron chi connectivity index (χ0n) is 10.8. The molecule has 1 aliphatic heterocycles. The number of hydrogen-bond acceptors (Lipinski definition) is 4. The number of para-hydroxylation sites is 1. The van der Waals surface area contributed by atoms with E-state index in [4.69, 9.17) is 0 Å². The van der Waals surface area contributed by atoms with Crippen LogP contribution in [0.15, 0.2) is 36.8 Å². The molecule has 1 atom stereocenters. The third-order valence-corrected chi connectivity index (χ3v) is 3.59. The molecule has 92 valence electrons. The average Bonchev–Trinajstić information content (AvgIpc) is 2.64. The molecule has 0 unspecified atom stereocenters. The van der Waals surface area contributed by atoms with E-state index in [0.29, 0.717) is 0 Å². The molecule has 4 heteroatoms. The van der Waals surface area contributed by atoms with Crippen LogP contribution in [0.2, 0.25) is 0 Å². The van der Waals surface area contributed by atoms with Gasteiger partial charge >= 0.3 is 0 Å². The van der Waals surface area contributed by atoms with Gasteiger partial charge in [0.2, 0.25) is 0 Å². The molecule has 2 aromatic rings. The first-order chi connectivity index (χ1) is 8.70. The summed E-state index contributed by atoms with van der Waals surface area (Å²) in [6.45, 7) is 4.30. The van der Waals surface area contributed by atoms with Gasteiger partial charge in [-0.2, -0.15) is 0 Å². The summed E-state index contributed by atoms with van der Waals surface area (Å²) >= 11 is 0. The molecule has 0 spiro atoms. The Kier molecular flexibility index (Phi) is 2.44. The molecular formula is C14H16N4. The highest BCUT2D eigenvalue weighted by atomic mass is 15.4. The van der Waals surface area contributed by atoms with Crippen molar-refractivity contribution in [2.75, 3.05) is 16.8 Å². The summed E-state index contributed by atoms with van der Waals surface area (Å²) in [6, 6.07) is 8.39. The van der Waals surface area contributed by atoms with E-state index < -0.39 is 0 Å². The first-order valence-electron chi connectivity index (χ1n) is 6.08. The summed E-state index contributed by atoms with van der Waals surface area (Å²) < 4.78 is 0. The van der Waals surface area contributed by atoms with E-state index in [9.17, 15) is 0 Å². The van der Waals surface area contributed by atoms with Crippen molar-refractivity contribution in [2.45, 2.75) is 20.0 Å². The normalized spacial score (nSPS) is 18.1. The molecule has 0 amide bonds. The van der Waals surface area contributed by atoms with Crippen LogP contribution in [0.4, 0.5) is 17.2 Å². The van der Waals surface area contributed by atoms with Gasteiger partial charge in [0.1, 0.15) is 18.2 Å². The Morgan fingerprint density at radius 2 is 1.94 bits per heavy atom. The molecule has 1 aromatic carbocycles. The molecule has 1 aromatic heterocycles. The largest absolute Gasteiger partial charge is 0.350 e. The van der Waals surface area contributed by atoms with Crippen LogP contribution in [0, 0.1) is 6.92 Å². The van der Waals surface area contributed by atoms with Gasteiger partial charge in [0, 0.05) is 12.7 Å². The van der Waals surface area contributed by atoms with Crippen LogP contribution in [0.25, 0.3) is 0 Å². The maximum Gasteiger partial charge on any atom is 0.161 e. The molecular weight excluding hydrogens is 224 g/mol. The van der Waals surface area contributed by atoms with Crippen LogP contribution in [0.5, 0.6) is 0 Å². The lowest BCUT2D eigenvalue weighted by molar-refractivity contribution is 0.729. The number of anilines is 3. The predicted octanol–water partition coefficient (Wildman–Crippen LogP) is 2.72. The smallest absolute Gasteiger partial charge is 0.161 e. The topological polar surface area (TPSA) is 32.3 Å².